The zero-order valence-corrected chi connectivity index (χ0v) is 13.4. The van der Waals surface area contributed by atoms with Crippen LogP contribution >= 0.6 is 0 Å². The van der Waals surface area contributed by atoms with Crippen LogP contribution in [0.15, 0.2) is 36.4 Å². The summed E-state index contributed by atoms with van der Waals surface area (Å²) >= 11 is 0. The van der Waals surface area contributed by atoms with Crippen molar-refractivity contribution in [2.75, 3.05) is 18.9 Å². The molecule has 1 aliphatic carbocycles. The van der Waals surface area contributed by atoms with E-state index in [1.54, 1.807) is 18.2 Å². The molecule has 0 fully saturated rings. The summed E-state index contributed by atoms with van der Waals surface area (Å²) in [6.07, 6.45) is 2.99. The number of nitrogens with one attached hydrogen (secondary N) is 1. The predicted octanol–water partition coefficient (Wildman–Crippen LogP) is 2.85. The van der Waals surface area contributed by atoms with Crippen LogP contribution in [0, 0.1) is 0 Å². The monoisotopic (exact) mass is 324 g/mol. The van der Waals surface area contributed by atoms with Gasteiger partial charge in [-0.3, -0.25) is 4.79 Å². The SMILES string of the molecule is Nc1ccc2c(c1)CCCC2NC(=O)c1ccc2c(c1)OCCO2. The van der Waals surface area contributed by atoms with Gasteiger partial charge in [0.05, 0.1) is 6.04 Å². The Labute approximate surface area is 140 Å². The Morgan fingerprint density at radius 1 is 1.08 bits per heavy atom. The molecule has 3 N–H and O–H groups in total. The smallest absolute Gasteiger partial charge is 0.251 e. The lowest BCUT2D eigenvalue weighted by Gasteiger charge is -2.27. The third-order valence-electron chi connectivity index (χ3n) is 4.59. The van der Waals surface area contributed by atoms with Crippen molar-refractivity contribution in [2.45, 2.75) is 25.3 Å². The van der Waals surface area contributed by atoms with E-state index in [1.807, 2.05) is 18.2 Å². The second-order valence-electron chi connectivity index (χ2n) is 6.23. The van der Waals surface area contributed by atoms with Crippen molar-refractivity contribution in [1.82, 2.24) is 5.32 Å². The Hall–Kier alpha value is -2.69. The van der Waals surface area contributed by atoms with E-state index in [0.29, 0.717) is 30.3 Å². The summed E-state index contributed by atoms with van der Waals surface area (Å²) in [4.78, 5) is 12.6. The fourth-order valence-electron chi connectivity index (χ4n) is 3.41. The number of carbonyl (C=O) groups is 1. The summed E-state index contributed by atoms with van der Waals surface area (Å²) in [5.41, 5.74) is 9.63. The van der Waals surface area contributed by atoms with E-state index in [0.717, 1.165) is 24.9 Å². The van der Waals surface area contributed by atoms with Crippen molar-refractivity contribution < 1.29 is 14.3 Å². The molecule has 5 nitrogen and oxygen atoms in total. The minimum Gasteiger partial charge on any atom is -0.486 e. The summed E-state index contributed by atoms with van der Waals surface area (Å²) < 4.78 is 11.1. The van der Waals surface area contributed by atoms with Crippen LogP contribution in [0.2, 0.25) is 0 Å². The number of hydrogen-bond donors (Lipinski definition) is 2. The third-order valence-corrected chi connectivity index (χ3v) is 4.59. The Kier molecular flexibility index (Phi) is 3.76. The van der Waals surface area contributed by atoms with E-state index in [-0.39, 0.29) is 11.9 Å². The molecule has 124 valence electrons. The average molecular weight is 324 g/mol. The van der Waals surface area contributed by atoms with Crippen LogP contribution in [0.25, 0.3) is 0 Å². The van der Waals surface area contributed by atoms with Crippen LogP contribution < -0.4 is 20.5 Å². The van der Waals surface area contributed by atoms with Gasteiger partial charge in [0.2, 0.25) is 0 Å². The molecule has 0 saturated heterocycles. The molecule has 5 heteroatoms. The Morgan fingerprint density at radius 2 is 1.92 bits per heavy atom. The third kappa shape index (κ3) is 2.77. The maximum absolute atomic E-state index is 12.6. The van der Waals surface area contributed by atoms with Crippen LogP contribution in [-0.2, 0) is 6.42 Å². The first-order chi connectivity index (χ1) is 11.7. The van der Waals surface area contributed by atoms with Crippen molar-refractivity contribution in [1.29, 1.82) is 0 Å². The summed E-state index contributed by atoms with van der Waals surface area (Å²) in [5.74, 6) is 1.23. The number of ether oxygens (including phenoxy) is 2. The number of hydrogen-bond acceptors (Lipinski definition) is 4. The zero-order chi connectivity index (χ0) is 16.5. The molecule has 0 aromatic heterocycles. The van der Waals surface area contributed by atoms with Crippen molar-refractivity contribution in [2.24, 2.45) is 0 Å². The molecule has 1 unspecified atom stereocenters. The van der Waals surface area contributed by atoms with E-state index >= 15 is 0 Å². The van der Waals surface area contributed by atoms with Crippen LogP contribution in [-0.4, -0.2) is 19.1 Å². The first kappa shape index (κ1) is 14.9. The maximum atomic E-state index is 12.6. The zero-order valence-electron chi connectivity index (χ0n) is 13.4. The molecule has 2 aromatic carbocycles. The highest BCUT2D eigenvalue weighted by Gasteiger charge is 2.23. The molecule has 1 aliphatic heterocycles. The molecule has 24 heavy (non-hydrogen) atoms. The predicted molar refractivity (Wildman–Crippen MR) is 91.4 cm³/mol. The average Bonchev–Trinajstić information content (AvgIpc) is 2.61. The lowest BCUT2D eigenvalue weighted by molar-refractivity contribution is 0.0931. The molecular weight excluding hydrogens is 304 g/mol. The van der Waals surface area contributed by atoms with Gasteiger partial charge in [0, 0.05) is 11.3 Å². The van der Waals surface area contributed by atoms with Crippen molar-refractivity contribution in [3.8, 4) is 11.5 Å². The van der Waals surface area contributed by atoms with Crippen molar-refractivity contribution in [3.63, 3.8) is 0 Å². The number of aryl methyl sites for hydroxylation is 1. The first-order valence-corrected chi connectivity index (χ1v) is 8.29. The van der Waals surface area contributed by atoms with Crippen LogP contribution in [0.1, 0.15) is 40.4 Å². The number of fused-ring (bicyclic) bond motifs is 2. The Balaban J connectivity index is 1.55. The van der Waals surface area contributed by atoms with E-state index in [2.05, 4.69) is 5.32 Å². The maximum Gasteiger partial charge on any atom is 0.251 e. The molecular formula is C19H20N2O3. The summed E-state index contributed by atoms with van der Waals surface area (Å²) in [6, 6.07) is 11.3. The molecule has 0 spiro atoms. The quantitative estimate of drug-likeness (QED) is 0.833. The van der Waals surface area contributed by atoms with Crippen LogP contribution in [0.3, 0.4) is 0 Å². The number of carbonyl (C=O) groups excluding carboxylic acids is 1. The van der Waals surface area contributed by atoms with E-state index in [4.69, 9.17) is 15.2 Å². The van der Waals surface area contributed by atoms with Crippen LogP contribution in [0.4, 0.5) is 5.69 Å². The van der Waals surface area contributed by atoms with Crippen molar-refractivity contribution in [3.05, 3.63) is 53.1 Å². The van der Waals surface area contributed by atoms with E-state index in [1.165, 1.54) is 11.1 Å². The number of nitrogens with two attached hydrogens (primary N) is 1. The summed E-state index contributed by atoms with van der Waals surface area (Å²) in [5, 5.41) is 3.14. The van der Waals surface area contributed by atoms with Gasteiger partial charge in [-0.05, 0) is 60.7 Å². The largest absolute Gasteiger partial charge is 0.486 e. The molecule has 0 radical (unpaired) electrons. The van der Waals surface area contributed by atoms with E-state index in [9.17, 15) is 4.79 Å². The number of benzene rings is 2. The minimum absolute atomic E-state index is 0.0232. The molecule has 4 rings (SSSR count). The second-order valence-corrected chi connectivity index (χ2v) is 6.23. The van der Waals surface area contributed by atoms with Crippen molar-refractivity contribution >= 4 is 11.6 Å². The molecule has 1 heterocycles. The molecule has 1 amide bonds. The normalized spacial score (nSPS) is 18.6. The fraction of sp³-hybridized carbons (Fsp3) is 0.316. The number of nitrogen functional groups attached to an aromatic ring is 1. The molecule has 0 bridgehead atoms. The standard InChI is InChI=1S/C19H20N2O3/c20-14-5-6-15-12(10-14)2-1-3-16(15)21-19(22)13-4-7-17-18(11-13)24-9-8-23-17/h4-7,10-11,16H,1-3,8-9,20H2,(H,21,22). The van der Waals surface area contributed by atoms with Gasteiger partial charge in [-0.2, -0.15) is 0 Å². The molecule has 0 saturated carbocycles. The van der Waals surface area contributed by atoms with E-state index < -0.39 is 0 Å². The number of rotatable bonds is 2. The lowest BCUT2D eigenvalue weighted by atomic mass is 9.87. The topological polar surface area (TPSA) is 73.6 Å². The Morgan fingerprint density at radius 3 is 2.79 bits per heavy atom. The highest BCUT2D eigenvalue weighted by atomic mass is 16.6. The highest BCUT2D eigenvalue weighted by molar-refractivity contribution is 5.95. The second kappa shape index (κ2) is 6.07. The van der Waals surface area contributed by atoms with Gasteiger partial charge in [0.1, 0.15) is 13.2 Å². The highest BCUT2D eigenvalue weighted by Crippen LogP contribution is 2.33. The number of amides is 1. The molecule has 2 aliphatic rings. The summed E-state index contributed by atoms with van der Waals surface area (Å²) in [7, 11) is 0. The van der Waals surface area contributed by atoms with Gasteiger partial charge in [-0.25, -0.2) is 0 Å². The van der Waals surface area contributed by atoms with Gasteiger partial charge >= 0.3 is 0 Å². The number of anilines is 1. The fourth-order valence-corrected chi connectivity index (χ4v) is 3.41. The van der Waals surface area contributed by atoms with Gasteiger partial charge in [0.25, 0.3) is 5.91 Å². The van der Waals surface area contributed by atoms with Gasteiger partial charge in [0.15, 0.2) is 11.5 Å². The lowest BCUT2D eigenvalue weighted by Crippen LogP contribution is -2.31. The van der Waals surface area contributed by atoms with Crippen LogP contribution in [0.5, 0.6) is 11.5 Å². The summed E-state index contributed by atoms with van der Waals surface area (Å²) in [6.45, 7) is 1.05. The minimum atomic E-state index is -0.0957. The molecule has 2 aromatic rings. The van der Waals surface area contributed by atoms with Gasteiger partial charge in [-0.15, -0.1) is 0 Å². The first-order valence-electron chi connectivity index (χ1n) is 8.29. The molecule has 1 atom stereocenters. The van der Waals surface area contributed by atoms with Gasteiger partial charge < -0.3 is 20.5 Å². The Bertz CT molecular complexity index is 788. The van der Waals surface area contributed by atoms with Gasteiger partial charge in [-0.1, -0.05) is 6.07 Å².